The minimum absolute atomic E-state index is 0.0222. The molecule has 0 unspecified atom stereocenters. The van der Waals surface area contributed by atoms with Crippen molar-refractivity contribution in [2.75, 3.05) is 13.2 Å². The van der Waals surface area contributed by atoms with E-state index in [4.69, 9.17) is 14.7 Å². The molecule has 1 aromatic heterocycles. The molecule has 2 aromatic carbocycles. The van der Waals surface area contributed by atoms with Crippen LogP contribution in [0.1, 0.15) is 15.2 Å². The van der Waals surface area contributed by atoms with Crippen LogP contribution in [0.4, 0.5) is 5.69 Å². The first-order valence-corrected chi connectivity index (χ1v) is 8.36. The predicted octanol–water partition coefficient (Wildman–Crippen LogP) is 3.92. The van der Waals surface area contributed by atoms with Crippen molar-refractivity contribution in [1.29, 1.82) is 5.26 Å². The highest BCUT2D eigenvalue weighted by Crippen LogP contribution is 2.29. The molecule has 0 saturated carbocycles. The summed E-state index contributed by atoms with van der Waals surface area (Å²) in [5.74, 6) is 0.0755. The topological polar surface area (TPSA) is 102 Å². The number of esters is 1. The zero-order valence-electron chi connectivity index (χ0n) is 13.4. The Morgan fingerprint density at radius 2 is 1.92 bits per heavy atom. The van der Waals surface area contributed by atoms with Crippen LogP contribution in [0.3, 0.4) is 0 Å². The fourth-order valence-corrected chi connectivity index (χ4v) is 3.17. The standard InChI is InChI=1S/C18H12N2O5S/c19-11-12-1-4-15(5-2-12)24-7-8-25-18(21)17-10-13-9-14(20(22)23)3-6-16(13)26-17/h1-6,9-10H,7-8H2. The van der Waals surface area contributed by atoms with Gasteiger partial charge in [0.15, 0.2) is 0 Å². The summed E-state index contributed by atoms with van der Waals surface area (Å²) < 4.78 is 11.4. The van der Waals surface area contributed by atoms with Crippen molar-refractivity contribution >= 4 is 33.1 Å². The quantitative estimate of drug-likeness (QED) is 0.283. The first-order chi connectivity index (χ1) is 12.6. The number of non-ortho nitro benzene ring substituents is 1. The third-order valence-electron chi connectivity index (χ3n) is 3.48. The summed E-state index contributed by atoms with van der Waals surface area (Å²) in [6, 6.07) is 14.6. The van der Waals surface area contributed by atoms with Gasteiger partial charge in [0.1, 0.15) is 23.8 Å². The van der Waals surface area contributed by atoms with Crippen LogP contribution in [0.2, 0.25) is 0 Å². The number of nitriles is 1. The molecule has 0 aliphatic carbocycles. The van der Waals surface area contributed by atoms with Crippen LogP contribution in [0.15, 0.2) is 48.5 Å². The molecule has 0 atom stereocenters. The van der Waals surface area contributed by atoms with Gasteiger partial charge < -0.3 is 9.47 Å². The molecule has 0 aliphatic heterocycles. The number of rotatable bonds is 6. The predicted molar refractivity (Wildman–Crippen MR) is 95.4 cm³/mol. The van der Waals surface area contributed by atoms with Crippen molar-refractivity contribution in [3.8, 4) is 11.8 Å². The van der Waals surface area contributed by atoms with E-state index in [1.807, 2.05) is 6.07 Å². The SMILES string of the molecule is N#Cc1ccc(OCCOC(=O)c2cc3cc([N+](=O)[O-])ccc3s2)cc1. The lowest BCUT2D eigenvalue weighted by molar-refractivity contribution is -0.384. The van der Waals surface area contributed by atoms with Gasteiger partial charge in [-0.2, -0.15) is 5.26 Å². The Morgan fingerprint density at radius 3 is 2.62 bits per heavy atom. The number of fused-ring (bicyclic) bond motifs is 1. The Hall–Kier alpha value is -3.44. The zero-order chi connectivity index (χ0) is 18.5. The third kappa shape index (κ3) is 3.96. The number of hydrogen-bond acceptors (Lipinski definition) is 7. The van der Waals surface area contributed by atoms with Gasteiger partial charge in [0.25, 0.3) is 5.69 Å². The van der Waals surface area contributed by atoms with Crippen LogP contribution in [0.25, 0.3) is 10.1 Å². The number of ether oxygens (including phenoxy) is 2. The summed E-state index contributed by atoms with van der Waals surface area (Å²) in [5, 5.41) is 20.2. The van der Waals surface area contributed by atoms with Crippen LogP contribution < -0.4 is 4.74 Å². The van der Waals surface area contributed by atoms with Crippen LogP contribution in [-0.4, -0.2) is 24.1 Å². The lowest BCUT2D eigenvalue weighted by atomic mass is 10.2. The van der Waals surface area contributed by atoms with E-state index >= 15 is 0 Å². The van der Waals surface area contributed by atoms with E-state index in [0.29, 0.717) is 21.6 Å². The number of nitrogens with zero attached hydrogens (tertiary/aromatic N) is 2. The van der Waals surface area contributed by atoms with Gasteiger partial charge in [0, 0.05) is 22.2 Å². The maximum atomic E-state index is 12.1. The van der Waals surface area contributed by atoms with E-state index in [1.165, 1.54) is 23.5 Å². The highest BCUT2D eigenvalue weighted by molar-refractivity contribution is 7.20. The second-order valence-corrected chi connectivity index (χ2v) is 6.29. The van der Waals surface area contributed by atoms with Crippen LogP contribution in [-0.2, 0) is 4.74 Å². The molecule has 1 heterocycles. The molecule has 0 spiro atoms. The smallest absolute Gasteiger partial charge is 0.348 e. The third-order valence-corrected chi connectivity index (χ3v) is 4.58. The Morgan fingerprint density at radius 1 is 1.15 bits per heavy atom. The van der Waals surface area contributed by atoms with Crippen LogP contribution >= 0.6 is 11.3 Å². The molecule has 7 nitrogen and oxygen atoms in total. The summed E-state index contributed by atoms with van der Waals surface area (Å²) in [6.07, 6.45) is 0. The first kappa shape index (κ1) is 17.4. The van der Waals surface area contributed by atoms with Crippen molar-refractivity contribution in [1.82, 2.24) is 0 Å². The van der Waals surface area contributed by atoms with Gasteiger partial charge in [0.2, 0.25) is 0 Å². The van der Waals surface area contributed by atoms with E-state index < -0.39 is 10.9 Å². The minimum atomic E-state index is -0.503. The Labute approximate surface area is 152 Å². The van der Waals surface area contributed by atoms with Crippen molar-refractivity contribution in [2.45, 2.75) is 0 Å². The summed E-state index contributed by atoms with van der Waals surface area (Å²) in [4.78, 5) is 22.8. The lowest BCUT2D eigenvalue weighted by Gasteiger charge is -2.06. The number of nitro benzene ring substituents is 1. The Bertz CT molecular complexity index is 1000. The Kier molecular flexibility index (Phi) is 5.10. The molecule has 130 valence electrons. The molecule has 0 bridgehead atoms. The number of hydrogen-bond donors (Lipinski definition) is 0. The summed E-state index contributed by atoms with van der Waals surface area (Å²) in [7, 11) is 0. The fraction of sp³-hybridized carbons (Fsp3) is 0.111. The number of benzene rings is 2. The summed E-state index contributed by atoms with van der Waals surface area (Å²) >= 11 is 1.22. The fourth-order valence-electron chi connectivity index (χ4n) is 2.24. The molecule has 8 heteroatoms. The largest absolute Gasteiger partial charge is 0.490 e. The van der Waals surface area contributed by atoms with Crippen molar-refractivity contribution < 1.29 is 19.2 Å². The molecule has 0 N–H and O–H groups in total. The average Bonchev–Trinajstić information content (AvgIpc) is 3.09. The zero-order valence-corrected chi connectivity index (χ0v) is 14.2. The maximum absolute atomic E-state index is 12.1. The number of carbonyl (C=O) groups excluding carboxylic acids is 1. The average molecular weight is 368 g/mol. The molecule has 3 aromatic rings. The van der Waals surface area contributed by atoms with E-state index in [9.17, 15) is 14.9 Å². The van der Waals surface area contributed by atoms with Gasteiger partial charge in [0.05, 0.1) is 16.6 Å². The van der Waals surface area contributed by atoms with Gasteiger partial charge >= 0.3 is 5.97 Å². The van der Waals surface area contributed by atoms with Gasteiger partial charge in [-0.3, -0.25) is 10.1 Å². The molecule has 0 aliphatic rings. The van der Waals surface area contributed by atoms with Crippen molar-refractivity contribution in [3.05, 3.63) is 69.1 Å². The number of carbonyl (C=O) groups is 1. The van der Waals surface area contributed by atoms with E-state index in [1.54, 1.807) is 36.4 Å². The highest BCUT2D eigenvalue weighted by Gasteiger charge is 2.14. The van der Waals surface area contributed by atoms with Crippen LogP contribution in [0, 0.1) is 21.4 Å². The normalized spacial score (nSPS) is 10.3. The lowest BCUT2D eigenvalue weighted by Crippen LogP contribution is -2.11. The molecule has 0 saturated heterocycles. The number of nitro groups is 1. The van der Waals surface area contributed by atoms with E-state index in [2.05, 4.69) is 0 Å². The second-order valence-electron chi connectivity index (χ2n) is 5.21. The molecule has 0 fully saturated rings. The molecule has 0 radical (unpaired) electrons. The van der Waals surface area contributed by atoms with Gasteiger partial charge in [-0.1, -0.05) is 0 Å². The van der Waals surface area contributed by atoms with Gasteiger partial charge in [-0.15, -0.1) is 11.3 Å². The molecule has 26 heavy (non-hydrogen) atoms. The van der Waals surface area contributed by atoms with E-state index in [-0.39, 0.29) is 18.9 Å². The monoisotopic (exact) mass is 368 g/mol. The molecule has 3 rings (SSSR count). The van der Waals surface area contributed by atoms with Gasteiger partial charge in [-0.25, -0.2) is 4.79 Å². The molecular weight excluding hydrogens is 356 g/mol. The van der Waals surface area contributed by atoms with Gasteiger partial charge in [-0.05, 0) is 36.4 Å². The molecule has 0 amide bonds. The van der Waals surface area contributed by atoms with Crippen molar-refractivity contribution in [3.63, 3.8) is 0 Å². The summed E-state index contributed by atoms with van der Waals surface area (Å²) in [5.41, 5.74) is 0.514. The van der Waals surface area contributed by atoms with E-state index in [0.717, 1.165) is 4.70 Å². The number of thiophene rings is 1. The van der Waals surface area contributed by atoms with Crippen LogP contribution in [0.5, 0.6) is 5.75 Å². The highest BCUT2D eigenvalue weighted by atomic mass is 32.1. The van der Waals surface area contributed by atoms with Crippen molar-refractivity contribution in [2.24, 2.45) is 0 Å². The minimum Gasteiger partial charge on any atom is -0.490 e. The second kappa shape index (κ2) is 7.63. The Balaban J connectivity index is 1.55. The molecular formula is C18H12N2O5S. The summed E-state index contributed by atoms with van der Waals surface area (Å²) in [6.45, 7) is 0.237. The maximum Gasteiger partial charge on any atom is 0.348 e. The first-order valence-electron chi connectivity index (χ1n) is 7.55.